The van der Waals surface area contributed by atoms with Crippen molar-refractivity contribution in [3.63, 3.8) is 0 Å². The summed E-state index contributed by atoms with van der Waals surface area (Å²) in [6.45, 7) is 4.32. The molecule has 0 fully saturated rings. The van der Waals surface area contributed by atoms with E-state index in [4.69, 9.17) is 0 Å². The van der Waals surface area contributed by atoms with Gasteiger partial charge in [0, 0.05) is 30.6 Å². The van der Waals surface area contributed by atoms with Crippen LogP contribution in [0.5, 0.6) is 0 Å². The number of Topliss-reactive ketones (excluding diaryl/α,β-unsaturated/α-hetero) is 1. The molecule has 0 aliphatic rings. The van der Waals surface area contributed by atoms with Crippen LogP contribution in [0.3, 0.4) is 0 Å². The van der Waals surface area contributed by atoms with Gasteiger partial charge < -0.3 is 0 Å². The highest BCUT2D eigenvalue weighted by molar-refractivity contribution is 8.00. The third-order valence-electron chi connectivity index (χ3n) is 2.69. The van der Waals surface area contributed by atoms with Crippen LogP contribution in [-0.4, -0.2) is 26.6 Å². The van der Waals surface area contributed by atoms with Crippen LogP contribution >= 0.6 is 11.8 Å². The lowest BCUT2D eigenvalue weighted by molar-refractivity contribution is -0.116. The molecule has 4 heteroatoms. The summed E-state index contributed by atoms with van der Waals surface area (Å²) in [7, 11) is 1.91. The lowest BCUT2D eigenvalue weighted by Gasteiger charge is -2.07. The number of aryl methyl sites for hydroxylation is 2. The van der Waals surface area contributed by atoms with Gasteiger partial charge in [-0.25, -0.2) is 0 Å². The van der Waals surface area contributed by atoms with E-state index in [-0.39, 0.29) is 0 Å². The van der Waals surface area contributed by atoms with Crippen molar-refractivity contribution in [1.82, 2.24) is 9.78 Å². The molecule has 0 saturated heterocycles. The molecule has 0 bridgehead atoms. The normalized spacial score (nSPS) is 12.7. The Labute approximate surface area is 102 Å². The first-order valence-corrected chi connectivity index (χ1v) is 6.78. The summed E-state index contributed by atoms with van der Waals surface area (Å²) in [6, 6.07) is 1.97. The second-order valence-electron chi connectivity index (χ2n) is 4.01. The molecule has 1 heterocycles. The number of thioether (sulfide) groups is 1. The highest BCUT2D eigenvalue weighted by atomic mass is 32.2. The first kappa shape index (κ1) is 13.3. The number of aromatic nitrogens is 2. The Morgan fingerprint density at radius 2 is 2.38 bits per heavy atom. The molecule has 1 rings (SSSR count). The van der Waals surface area contributed by atoms with Gasteiger partial charge in [0.15, 0.2) is 0 Å². The zero-order chi connectivity index (χ0) is 12.0. The fraction of sp³-hybridized carbons (Fsp3) is 0.667. The molecule has 1 unspecified atom stereocenters. The number of rotatable bonds is 7. The van der Waals surface area contributed by atoms with Gasteiger partial charge in [-0.1, -0.05) is 13.8 Å². The molecule has 16 heavy (non-hydrogen) atoms. The van der Waals surface area contributed by atoms with Crippen LogP contribution in [0, 0.1) is 0 Å². The number of nitrogens with zero attached hydrogens (tertiary/aromatic N) is 2. The Morgan fingerprint density at radius 3 is 2.94 bits per heavy atom. The van der Waals surface area contributed by atoms with Gasteiger partial charge in [0.2, 0.25) is 0 Å². The summed E-state index contributed by atoms with van der Waals surface area (Å²) in [5, 5.41) is 4.67. The van der Waals surface area contributed by atoms with Gasteiger partial charge in [-0.3, -0.25) is 9.48 Å². The summed E-state index contributed by atoms with van der Waals surface area (Å²) in [5.74, 6) is 0.985. The van der Waals surface area contributed by atoms with Gasteiger partial charge in [-0.2, -0.15) is 16.9 Å². The molecule has 0 aliphatic carbocycles. The maximum atomic E-state index is 11.6. The summed E-state index contributed by atoms with van der Waals surface area (Å²) in [6.07, 6.45) is 4.33. The molecule has 1 atom stereocenters. The molecule has 0 spiro atoms. The van der Waals surface area contributed by atoms with Crippen molar-refractivity contribution in [1.29, 1.82) is 0 Å². The molecule has 0 N–H and O–H groups in total. The Morgan fingerprint density at radius 1 is 1.62 bits per heavy atom. The third-order valence-corrected chi connectivity index (χ3v) is 4.08. The van der Waals surface area contributed by atoms with E-state index >= 15 is 0 Å². The van der Waals surface area contributed by atoms with E-state index in [9.17, 15) is 4.79 Å². The standard InChI is InChI=1S/C12H20N2OS/c1-4-10(2)16-9-12(15)6-5-11-7-8-13-14(11)3/h7-8,10H,4-6,9H2,1-3H3. The summed E-state index contributed by atoms with van der Waals surface area (Å²) in [5.41, 5.74) is 1.13. The van der Waals surface area contributed by atoms with Crippen LogP contribution in [0.25, 0.3) is 0 Å². The Kier molecular flexibility index (Phi) is 5.60. The van der Waals surface area contributed by atoms with Gasteiger partial charge in [0.1, 0.15) is 5.78 Å². The van der Waals surface area contributed by atoms with Gasteiger partial charge in [0.25, 0.3) is 0 Å². The summed E-state index contributed by atoms with van der Waals surface area (Å²) in [4.78, 5) is 11.6. The molecule has 1 aromatic rings. The van der Waals surface area contributed by atoms with E-state index in [0.717, 1.165) is 18.5 Å². The van der Waals surface area contributed by atoms with E-state index in [2.05, 4.69) is 18.9 Å². The second-order valence-corrected chi connectivity index (χ2v) is 5.44. The second kappa shape index (κ2) is 6.74. The molecular weight excluding hydrogens is 220 g/mol. The maximum absolute atomic E-state index is 11.6. The minimum absolute atomic E-state index is 0.339. The van der Waals surface area contributed by atoms with Crippen molar-refractivity contribution in [3.8, 4) is 0 Å². The maximum Gasteiger partial charge on any atom is 0.143 e. The van der Waals surface area contributed by atoms with E-state index in [1.807, 2.05) is 17.8 Å². The van der Waals surface area contributed by atoms with Crippen molar-refractivity contribution < 1.29 is 4.79 Å². The Hall–Kier alpha value is -0.770. The number of carbonyl (C=O) groups is 1. The van der Waals surface area contributed by atoms with Crippen molar-refractivity contribution in [3.05, 3.63) is 18.0 Å². The van der Waals surface area contributed by atoms with Gasteiger partial charge in [0.05, 0.1) is 5.75 Å². The molecular formula is C12H20N2OS. The topological polar surface area (TPSA) is 34.9 Å². The van der Waals surface area contributed by atoms with Gasteiger partial charge in [-0.05, 0) is 18.9 Å². The average Bonchev–Trinajstić information content (AvgIpc) is 2.69. The predicted molar refractivity (Wildman–Crippen MR) is 68.7 cm³/mol. The average molecular weight is 240 g/mol. The van der Waals surface area contributed by atoms with Crippen LogP contribution in [-0.2, 0) is 18.3 Å². The molecule has 90 valence electrons. The summed E-state index contributed by atoms with van der Waals surface area (Å²) < 4.78 is 1.83. The molecule has 0 aromatic carbocycles. The zero-order valence-corrected chi connectivity index (χ0v) is 11.1. The van der Waals surface area contributed by atoms with Crippen LogP contribution in [0.15, 0.2) is 12.3 Å². The van der Waals surface area contributed by atoms with Gasteiger partial charge in [-0.15, -0.1) is 0 Å². The number of hydrogen-bond acceptors (Lipinski definition) is 3. The third kappa shape index (κ3) is 4.39. The number of ketones is 1. The first-order chi connectivity index (χ1) is 7.63. The van der Waals surface area contributed by atoms with Gasteiger partial charge >= 0.3 is 0 Å². The number of hydrogen-bond donors (Lipinski definition) is 0. The molecule has 0 amide bonds. The van der Waals surface area contributed by atoms with E-state index in [1.54, 1.807) is 18.0 Å². The first-order valence-electron chi connectivity index (χ1n) is 5.73. The fourth-order valence-electron chi connectivity index (χ4n) is 1.34. The predicted octanol–water partition coefficient (Wildman–Crippen LogP) is 2.45. The minimum atomic E-state index is 0.339. The van der Waals surface area contributed by atoms with Crippen molar-refractivity contribution >= 4 is 17.5 Å². The lowest BCUT2D eigenvalue weighted by atomic mass is 10.2. The molecule has 0 saturated carbocycles. The Balaban J connectivity index is 2.23. The molecule has 3 nitrogen and oxygen atoms in total. The monoisotopic (exact) mass is 240 g/mol. The number of carbonyl (C=O) groups excluding carboxylic acids is 1. The molecule has 0 radical (unpaired) electrons. The Bertz CT molecular complexity index is 336. The smallest absolute Gasteiger partial charge is 0.143 e. The van der Waals surface area contributed by atoms with E-state index in [1.165, 1.54) is 0 Å². The van der Waals surface area contributed by atoms with Crippen LogP contribution < -0.4 is 0 Å². The largest absolute Gasteiger partial charge is 0.299 e. The lowest BCUT2D eigenvalue weighted by Crippen LogP contribution is -2.08. The minimum Gasteiger partial charge on any atom is -0.299 e. The van der Waals surface area contributed by atoms with Crippen molar-refractivity contribution in [2.45, 2.75) is 38.4 Å². The van der Waals surface area contributed by atoms with E-state index in [0.29, 0.717) is 23.2 Å². The van der Waals surface area contributed by atoms with Crippen LogP contribution in [0.2, 0.25) is 0 Å². The quantitative estimate of drug-likeness (QED) is 0.734. The van der Waals surface area contributed by atoms with Crippen molar-refractivity contribution in [2.24, 2.45) is 7.05 Å². The highest BCUT2D eigenvalue weighted by Gasteiger charge is 2.07. The summed E-state index contributed by atoms with van der Waals surface area (Å²) >= 11 is 1.75. The highest BCUT2D eigenvalue weighted by Crippen LogP contribution is 2.14. The van der Waals surface area contributed by atoms with Crippen LogP contribution in [0.4, 0.5) is 0 Å². The molecule has 0 aliphatic heterocycles. The molecule has 1 aromatic heterocycles. The SMILES string of the molecule is CCC(C)SCC(=O)CCc1ccnn1C. The zero-order valence-electron chi connectivity index (χ0n) is 10.3. The van der Waals surface area contributed by atoms with E-state index < -0.39 is 0 Å². The van der Waals surface area contributed by atoms with Crippen LogP contribution in [0.1, 0.15) is 32.4 Å². The fourth-order valence-corrected chi connectivity index (χ4v) is 2.19. The van der Waals surface area contributed by atoms with Crippen molar-refractivity contribution in [2.75, 3.05) is 5.75 Å².